The van der Waals surface area contributed by atoms with Crippen molar-refractivity contribution in [3.05, 3.63) is 65.2 Å². The van der Waals surface area contributed by atoms with Crippen LogP contribution in [-0.2, 0) is 20.9 Å². The molecule has 33 heavy (non-hydrogen) atoms. The van der Waals surface area contributed by atoms with Crippen LogP contribution in [0.25, 0.3) is 0 Å². The summed E-state index contributed by atoms with van der Waals surface area (Å²) in [6, 6.07) is 15.6. The molecule has 2 fully saturated rings. The van der Waals surface area contributed by atoms with Crippen molar-refractivity contribution in [3.63, 3.8) is 0 Å². The Morgan fingerprint density at radius 1 is 0.939 bits per heavy atom. The van der Waals surface area contributed by atoms with Crippen LogP contribution in [0.4, 0.5) is 0 Å². The lowest BCUT2D eigenvalue weighted by Crippen LogP contribution is -2.53. The van der Waals surface area contributed by atoms with Crippen molar-refractivity contribution in [2.24, 2.45) is 5.92 Å². The highest BCUT2D eigenvalue weighted by molar-refractivity contribution is 5.89. The summed E-state index contributed by atoms with van der Waals surface area (Å²) in [4.78, 5) is 43.4. The number of benzene rings is 2. The second-order valence-corrected chi connectivity index (χ2v) is 8.85. The lowest BCUT2D eigenvalue weighted by atomic mass is 10.1. The highest BCUT2D eigenvalue weighted by Crippen LogP contribution is 2.23. The number of hydrogen-bond donors (Lipinski definition) is 0. The Morgan fingerprint density at radius 2 is 1.64 bits per heavy atom. The average Bonchev–Trinajstić information content (AvgIpc) is 3.20. The van der Waals surface area contributed by atoms with Gasteiger partial charge in [-0.25, -0.2) is 0 Å². The average molecular weight is 450 g/mol. The summed E-state index contributed by atoms with van der Waals surface area (Å²) in [5.74, 6) is 0.375. The summed E-state index contributed by atoms with van der Waals surface area (Å²) in [6.07, 6.45) is 0.258. The maximum Gasteiger partial charge on any atom is 0.260 e. The van der Waals surface area contributed by atoms with Crippen LogP contribution in [0.5, 0.6) is 5.75 Å². The highest BCUT2D eigenvalue weighted by Gasteiger charge is 2.37. The fraction of sp³-hybridized carbons (Fsp3) is 0.423. The van der Waals surface area contributed by atoms with E-state index in [0.717, 1.165) is 22.4 Å². The Balaban J connectivity index is 1.24. The maximum absolute atomic E-state index is 13.0. The standard InChI is InChI=1S/C26H31N3O4/c1-19-7-6-10-23(20(19)2)33-18-25(31)27-11-13-28(14-12-27)26(32)22-15-24(30)29(17-22)16-21-8-4-3-5-9-21/h3-10,22H,11-18H2,1-2H3. The van der Waals surface area contributed by atoms with Gasteiger partial charge in [-0.1, -0.05) is 42.5 Å². The van der Waals surface area contributed by atoms with Crippen LogP contribution in [0.3, 0.4) is 0 Å². The van der Waals surface area contributed by atoms with E-state index >= 15 is 0 Å². The first-order valence-corrected chi connectivity index (χ1v) is 11.5. The zero-order valence-corrected chi connectivity index (χ0v) is 19.3. The molecule has 2 aromatic carbocycles. The first kappa shape index (κ1) is 22.8. The van der Waals surface area contributed by atoms with E-state index in [1.165, 1.54) is 0 Å². The number of nitrogens with zero attached hydrogens (tertiary/aromatic N) is 3. The van der Waals surface area contributed by atoms with E-state index in [1.807, 2.05) is 62.4 Å². The third kappa shape index (κ3) is 5.35. The quantitative estimate of drug-likeness (QED) is 0.679. The van der Waals surface area contributed by atoms with Crippen LogP contribution in [-0.4, -0.2) is 71.8 Å². The van der Waals surface area contributed by atoms with Crippen molar-refractivity contribution < 1.29 is 19.1 Å². The molecular formula is C26H31N3O4. The molecule has 2 aliphatic rings. The predicted octanol–water partition coefficient (Wildman–Crippen LogP) is 2.40. The largest absolute Gasteiger partial charge is 0.483 e. The lowest BCUT2D eigenvalue weighted by Gasteiger charge is -2.35. The molecule has 4 rings (SSSR count). The van der Waals surface area contributed by atoms with E-state index in [9.17, 15) is 14.4 Å². The number of carbonyl (C=O) groups excluding carboxylic acids is 3. The molecule has 0 radical (unpaired) electrons. The van der Waals surface area contributed by atoms with Crippen LogP contribution in [0.15, 0.2) is 48.5 Å². The summed E-state index contributed by atoms with van der Waals surface area (Å²) in [5, 5.41) is 0. The molecule has 0 aliphatic carbocycles. The van der Waals surface area contributed by atoms with Crippen LogP contribution < -0.4 is 4.74 Å². The Hall–Kier alpha value is -3.35. The van der Waals surface area contributed by atoms with Gasteiger partial charge in [0.25, 0.3) is 5.91 Å². The van der Waals surface area contributed by atoms with Gasteiger partial charge in [-0.2, -0.15) is 0 Å². The molecule has 2 aromatic rings. The predicted molar refractivity (Wildman–Crippen MR) is 125 cm³/mol. The number of piperazine rings is 1. The van der Waals surface area contributed by atoms with Crippen LogP contribution >= 0.6 is 0 Å². The number of aryl methyl sites for hydroxylation is 1. The Morgan fingerprint density at radius 3 is 2.36 bits per heavy atom. The summed E-state index contributed by atoms with van der Waals surface area (Å²) >= 11 is 0. The molecular weight excluding hydrogens is 418 g/mol. The molecule has 0 spiro atoms. The third-order valence-corrected chi connectivity index (χ3v) is 6.63. The first-order valence-electron chi connectivity index (χ1n) is 11.5. The smallest absolute Gasteiger partial charge is 0.260 e. The minimum Gasteiger partial charge on any atom is -0.483 e. The van der Waals surface area contributed by atoms with E-state index in [2.05, 4.69) is 0 Å². The van der Waals surface area contributed by atoms with Gasteiger partial charge < -0.3 is 19.4 Å². The molecule has 7 heteroatoms. The van der Waals surface area contributed by atoms with Crippen LogP contribution in [0.2, 0.25) is 0 Å². The fourth-order valence-corrected chi connectivity index (χ4v) is 4.44. The van der Waals surface area contributed by atoms with Gasteiger partial charge in [-0.15, -0.1) is 0 Å². The maximum atomic E-state index is 13.0. The molecule has 2 heterocycles. The van der Waals surface area contributed by atoms with Gasteiger partial charge in [-0.05, 0) is 36.6 Å². The van der Waals surface area contributed by atoms with Crippen molar-refractivity contribution in [1.29, 1.82) is 0 Å². The normalized spacial score (nSPS) is 18.5. The molecule has 2 saturated heterocycles. The molecule has 0 N–H and O–H groups in total. The van der Waals surface area contributed by atoms with Crippen molar-refractivity contribution in [1.82, 2.24) is 14.7 Å². The van der Waals surface area contributed by atoms with E-state index < -0.39 is 0 Å². The highest BCUT2D eigenvalue weighted by atomic mass is 16.5. The van der Waals surface area contributed by atoms with Gasteiger partial charge in [-0.3, -0.25) is 14.4 Å². The molecule has 3 amide bonds. The first-order chi connectivity index (χ1) is 15.9. The monoisotopic (exact) mass is 449 g/mol. The molecule has 1 atom stereocenters. The Bertz CT molecular complexity index is 1020. The number of hydrogen-bond acceptors (Lipinski definition) is 4. The molecule has 2 aliphatic heterocycles. The molecule has 0 aromatic heterocycles. The molecule has 0 saturated carbocycles. The third-order valence-electron chi connectivity index (χ3n) is 6.63. The number of carbonyl (C=O) groups is 3. The molecule has 1 unspecified atom stereocenters. The number of amides is 3. The second kappa shape index (κ2) is 10.1. The molecule has 7 nitrogen and oxygen atoms in total. The van der Waals surface area contributed by atoms with Gasteiger partial charge in [0.2, 0.25) is 11.8 Å². The van der Waals surface area contributed by atoms with Gasteiger partial charge in [0.1, 0.15) is 5.75 Å². The summed E-state index contributed by atoms with van der Waals surface area (Å²) in [6.45, 7) is 6.90. The van der Waals surface area contributed by atoms with Gasteiger partial charge in [0.15, 0.2) is 6.61 Å². The minimum absolute atomic E-state index is 0.0101. The van der Waals surface area contributed by atoms with E-state index in [1.54, 1.807) is 14.7 Å². The van der Waals surface area contributed by atoms with Gasteiger partial charge in [0, 0.05) is 45.7 Å². The van der Waals surface area contributed by atoms with Crippen molar-refractivity contribution >= 4 is 17.7 Å². The van der Waals surface area contributed by atoms with E-state index in [4.69, 9.17) is 4.74 Å². The zero-order chi connectivity index (χ0) is 23.4. The van der Waals surface area contributed by atoms with E-state index in [0.29, 0.717) is 39.3 Å². The van der Waals surface area contributed by atoms with Crippen molar-refractivity contribution in [3.8, 4) is 5.75 Å². The number of rotatable bonds is 6. The Labute approximate surface area is 194 Å². The summed E-state index contributed by atoms with van der Waals surface area (Å²) in [5.41, 5.74) is 3.22. The number of likely N-dealkylation sites (tertiary alicyclic amines) is 1. The van der Waals surface area contributed by atoms with E-state index in [-0.39, 0.29) is 36.7 Å². The van der Waals surface area contributed by atoms with Crippen LogP contribution in [0, 0.1) is 19.8 Å². The Kier molecular flexibility index (Phi) is 6.96. The lowest BCUT2D eigenvalue weighted by molar-refractivity contribution is -0.142. The second-order valence-electron chi connectivity index (χ2n) is 8.85. The minimum atomic E-state index is -0.309. The zero-order valence-electron chi connectivity index (χ0n) is 19.3. The fourth-order valence-electron chi connectivity index (χ4n) is 4.44. The van der Waals surface area contributed by atoms with Crippen LogP contribution in [0.1, 0.15) is 23.1 Å². The molecule has 0 bridgehead atoms. The van der Waals surface area contributed by atoms with Gasteiger partial charge >= 0.3 is 0 Å². The summed E-state index contributed by atoms with van der Waals surface area (Å²) in [7, 11) is 0. The SMILES string of the molecule is Cc1cccc(OCC(=O)N2CCN(C(=O)C3CC(=O)N(Cc4ccccc4)C3)CC2)c1C. The number of ether oxygens (including phenoxy) is 1. The van der Waals surface area contributed by atoms with Gasteiger partial charge in [0.05, 0.1) is 5.92 Å². The topological polar surface area (TPSA) is 70.2 Å². The molecule has 174 valence electrons. The van der Waals surface area contributed by atoms with Crippen molar-refractivity contribution in [2.45, 2.75) is 26.8 Å². The van der Waals surface area contributed by atoms with Crippen molar-refractivity contribution in [2.75, 3.05) is 39.3 Å². The summed E-state index contributed by atoms with van der Waals surface area (Å²) < 4.78 is 5.75.